The van der Waals surface area contributed by atoms with Gasteiger partial charge < -0.3 is 14.4 Å². The van der Waals surface area contributed by atoms with Crippen LogP contribution in [0.4, 0.5) is 24.7 Å². The number of hydrogen-bond donors (Lipinski definition) is 0. The minimum absolute atomic E-state index is 0.124. The van der Waals surface area contributed by atoms with Gasteiger partial charge in [0, 0.05) is 24.5 Å². The molecule has 0 aliphatic carbocycles. The molecule has 1 heterocycles. The Hall–Kier alpha value is -3.29. The van der Waals surface area contributed by atoms with E-state index in [9.17, 15) is 13.2 Å². The molecule has 0 amide bonds. The summed E-state index contributed by atoms with van der Waals surface area (Å²) < 4.78 is 52.0. The van der Waals surface area contributed by atoms with Crippen molar-refractivity contribution in [1.82, 2.24) is 9.97 Å². The minimum Gasteiger partial charge on any atom is -0.494 e. The van der Waals surface area contributed by atoms with Gasteiger partial charge in [-0.15, -0.1) is 0 Å². The van der Waals surface area contributed by atoms with Gasteiger partial charge in [0.25, 0.3) is 0 Å². The second-order valence-corrected chi connectivity index (χ2v) is 6.34. The molecule has 0 aliphatic heterocycles. The third-order valence-corrected chi connectivity index (χ3v) is 4.27. The Balaban J connectivity index is 1.97. The predicted octanol–water partition coefficient (Wildman–Crippen LogP) is 5.63. The van der Waals surface area contributed by atoms with Crippen molar-refractivity contribution in [1.29, 1.82) is 0 Å². The van der Waals surface area contributed by atoms with Crippen molar-refractivity contribution in [2.45, 2.75) is 26.6 Å². The van der Waals surface area contributed by atoms with Crippen LogP contribution in [0.5, 0.6) is 11.8 Å². The number of alkyl halides is 3. The maximum Gasteiger partial charge on any atom is 0.421 e. The number of anilines is 2. The molecule has 0 atom stereocenters. The summed E-state index contributed by atoms with van der Waals surface area (Å²) in [5.41, 5.74) is 0.458. The van der Waals surface area contributed by atoms with Gasteiger partial charge in [0.05, 0.1) is 6.61 Å². The lowest BCUT2D eigenvalue weighted by Gasteiger charge is -2.25. The Morgan fingerprint density at radius 1 is 0.967 bits per heavy atom. The molecular formula is C22H22F3N3O2. The van der Waals surface area contributed by atoms with Gasteiger partial charge in [-0.3, -0.25) is 0 Å². The maximum atomic E-state index is 13.7. The lowest BCUT2D eigenvalue weighted by atomic mass is 10.2. The van der Waals surface area contributed by atoms with Gasteiger partial charge >= 0.3 is 12.2 Å². The molecule has 0 bridgehead atoms. The average molecular weight is 417 g/mol. The smallest absolute Gasteiger partial charge is 0.421 e. The molecule has 3 rings (SSSR count). The van der Waals surface area contributed by atoms with Gasteiger partial charge in [0.2, 0.25) is 0 Å². The summed E-state index contributed by atoms with van der Waals surface area (Å²) in [5, 5.41) is 0. The highest BCUT2D eigenvalue weighted by molar-refractivity contribution is 5.64. The third kappa shape index (κ3) is 5.20. The van der Waals surface area contributed by atoms with E-state index in [1.807, 2.05) is 37.3 Å². The number of hydrogen-bond acceptors (Lipinski definition) is 5. The highest BCUT2D eigenvalue weighted by Crippen LogP contribution is 2.38. The molecule has 0 unspecified atom stereocenters. The van der Waals surface area contributed by atoms with E-state index in [2.05, 4.69) is 9.97 Å². The van der Waals surface area contributed by atoms with Crippen LogP contribution in [0, 0.1) is 0 Å². The van der Waals surface area contributed by atoms with Crippen LogP contribution in [-0.2, 0) is 12.8 Å². The molecule has 0 aliphatic rings. The van der Waals surface area contributed by atoms with E-state index >= 15 is 0 Å². The van der Waals surface area contributed by atoms with Crippen LogP contribution in [0.2, 0.25) is 0 Å². The van der Waals surface area contributed by atoms with E-state index in [1.54, 1.807) is 31.2 Å². The van der Waals surface area contributed by atoms with Crippen LogP contribution in [0.3, 0.4) is 0 Å². The fraction of sp³-hybridized carbons (Fsp3) is 0.273. The molecule has 0 spiro atoms. The summed E-state index contributed by atoms with van der Waals surface area (Å²) in [7, 11) is 0. The number of rotatable bonds is 8. The van der Waals surface area contributed by atoms with Crippen LogP contribution >= 0.6 is 0 Å². The molecule has 2 aromatic carbocycles. The highest BCUT2D eigenvalue weighted by atomic mass is 19.4. The quantitative estimate of drug-likeness (QED) is 0.475. The van der Waals surface area contributed by atoms with Gasteiger partial charge in [0.15, 0.2) is 5.82 Å². The van der Waals surface area contributed by atoms with Gasteiger partial charge in [-0.25, -0.2) is 4.98 Å². The zero-order chi connectivity index (χ0) is 21.6. The van der Waals surface area contributed by atoms with E-state index in [0.717, 1.165) is 11.8 Å². The van der Waals surface area contributed by atoms with E-state index in [-0.39, 0.29) is 25.0 Å². The monoisotopic (exact) mass is 417 g/mol. The second-order valence-electron chi connectivity index (χ2n) is 6.34. The van der Waals surface area contributed by atoms with E-state index in [0.29, 0.717) is 18.0 Å². The molecule has 0 saturated heterocycles. The number of nitrogens with zero attached hydrogens (tertiary/aromatic N) is 3. The van der Waals surface area contributed by atoms with Crippen LogP contribution in [0.15, 0.2) is 60.8 Å². The number of aromatic nitrogens is 2. The molecule has 3 aromatic rings. The molecule has 158 valence electrons. The fourth-order valence-electron chi connectivity index (χ4n) is 2.92. The largest absolute Gasteiger partial charge is 0.494 e. The van der Waals surface area contributed by atoms with Gasteiger partial charge in [-0.1, -0.05) is 36.4 Å². The topological polar surface area (TPSA) is 47.5 Å². The summed E-state index contributed by atoms with van der Waals surface area (Å²) in [4.78, 5) is 9.34. The van der Waals surface area contributed by atoms with Crippen LogP contribution in [0.1, 0.15) is 25.0 Å². The third-order valence-electron chi connectivity index (χ3n) is 4.27. The number of halogens is 3. The van der Waals surface area contributed by atoms with Crippen LogP contribution in [0.25, 0.3) is 0 Å². The average Bonchev–Trinajstić information content (AvgIpc) is 2.73. The SMILES string of the molecule is CCOc1cccc(N(CC)c2nc(OCc3ccccc3)ncc2C(F)(F)F)c1. The van der Waals surface area contributed by atoms with Gasteiger partial charge in [-0.2, -0.15) is 18.2 Å². The van der Waals surface area contributed by atoms with Crippen molar-refractivity contribution in [3.05, 3.63) is 71.9 Å². The lowest BCUT2D eigenvalue weighted by Crippen LogP contribution is -2.23. The summed E-state index contributed by atoms with van der Waals surface area (Å²) in [5.74, 6) is 0.299. The van der Waals surface area contributed by atoms with Crippen molar-refractivity contribution in [3.8, 4) is 11.8 Å². The first kappa shape index (κ1) is 21.4. The standard InChI is InChI=1S/C22H22F3N3O2/c1-3-28(17-11-8-12-18(13-17)29-4-2)20-19(22(23,24)25)14-26-21(27-20)30-15-16-9-6-5-7-10-16/h5-14H,3-4,15H2,1-2H3. The number of benzene rings is 2. The summed E-state index contributed by atoms with van der Waals surface area (Å²) in [6.45, 7) is 4.45. The molecule has 30 heavy (non-hydrogen) atoms. The van der Waals surface area contributed by atoms with E-state index in [1.165, 1.54) is 4.90 Å². The molecule has 0 N–H and O–H groups in total. The summed E-state index contributed by atoms with van der Waals surface area (Å²) in [6.07, 6.45) is -3.85. The van der Waals surface area contributed by atoms with Gasteiger partial charge in [-0.05, 0) is 31.5 Å². The Kier molecular flexibility index (Phi) is 6.76. The van der Waals surface area contributed by atoms with Crippen molar-refractivity contribution in [3.63, 3.8) is 0 Å². The lowest BCUT2D eigenvalue weighted by molar-refractivity contribution is -0.137. The summed E-state index contributed by atoms with van der Waals surface area (Å²) >= 11 is 0. The Labute approximate surface area is 173 Å². The highest BCUT2D eigenvalue weighted by Gasteiger charge is 2.37. The Bertz CT molecular complexity index is 965. The van der Waals surface area contributed by atoms with E-state index < -0.39 is 11.7 Å². The normalized spacial score (nSPS) is 11.2. The maximum absolute atomic E-state index is 13.7. The molecular weight excluding hydrogens is 395 g/mol. The minimum atomic E-state index is -4.61. The molecule has 0 saturated carbocycles. The molecule has 0 radical (unpaired) electrons. The zero-order valence-corrected chi connectivity index (χ0v) is 16.7. The van der Waals surface area contributed by atoms with Crippen LogP contribution in [-0.4, -0.2) is 23.1 Å². The molecule has 1 aromatic heterocycles. The second kappa shape index (κ2) is 9.47. The first-order valence-electron chi connectivity index (χ1n) is 9.53. The molecule has 5 nitrogen and oxygen atoms in total. The Morgan fingerprint density at radius 2 is 1.73 bits per heavy atom. The van der Waals surface area contributed by atoms with Crippen molar-refractivity contribution >= 4 is 11.5 Å². The van der Waals surface area contributed by atoms with Gasteiger partial charge in [0.1, 0.15) is 17.9 Å². The van der Waals surface area contributed by atoms with E-state index in [4.69, 9.17) is 9.47 Å². The van der Waals surface area contributed by atoms with Crippen molar-refractivity contribution < 1.29 is 22.6 Å². The first-order chi connectivity index (χ1) is 14.4. The first-order valence-corrected chi connectivity index (χ1v) is 9.53. The molecule has 0 fully saturated rings. The fourth-order valence-corrected chi connectivity index (χ4v) is 2.92. The van der Waals surface area contributed by atoms with Crippen LogP contribution < -0.4 is 14.4 Å². The predicted molar refractivity (Wildman–Crippen MR) is 108 cm³/mol. The van der Waals surface area contributed by atoms with Crippen molar-refractivity contribution in [2.24, 2.45) is 0 Å². The van der Waals surface area contributed by atoms with Crippen molar-refractivity contribution in [2.75, 3.05) is 18.1 Å². The zero-order valence-electron chi connectivity index (χ0n) is 16.7. The number of ether oxygens (including phenoxy) is 2. The Morgan fingerprint density at radius 3 is 2.40 bits per heavy atom. The molecule has 8 heteroatoms. The summed E-state index contributed by atoms with van der Waals surface area (Å²) in [6, 6.07) is 16.0.